The van der Waals surface area contributed by atoms with Crippen molar-refractivity contribution in [3.05, 3.63) is 72.4 Å². The van der Waals surface area contributed by atoms with Crippen LogP contribution in [0.4, 0.5) is 5.69 Å². The third-order valence-corrected chi connectivity index (χ3v) is 3.82. The van der Waals surface area contributed by atoms with Crippen molar-refractivity contribution in [2.24, 2.45) is 0 Å². The van der Waals surface area contributed by atoms with Crippen LogP contribution in [-0.2, 0) is 4.79 Å². The molecule has 0 aliphatic carbocycles. The van der Waals surface area contributed by atoms with E-state index >= 15 is 0 Å². The van der Waals surface area contributed by atoms with Crippen LogP contribution in [0.3, 0.4) is 0 Å². The van der Waals surface area contributed by atoms with Gasteiger partial charge in [0.25, 0.3) is 0 Å². The molecule has 0 aliphatic rings. The summed E-state index contributed by atoms with van der Waals surface area (Å²) in [5.41, 5.74) is 2.62. The summed E-state index contributed by atoms with van der Waals surface area (Å²) in [6.45, 7) is 2.03. The lowest BCUT2D eigenvalue weighted by molar-refractivity contribution is -0.117. The van der Waals surface area contributed by atoms with Gasteiger partial charge in [0.05, 0.1) is 17.1 Å². The van der Waals surface area contributed by atoms with E-state index in [4.69, 9.17) is 0 Å². The Hall–Kier alpha value is -2.68. The van der Waals surface area contributed by atoms with Crippen LogP contribution < -0.4 is 5.32 Å². The zero-order chi connectivity index (χ0) is 15.4. The Morgan fingerprint density at radius 2 is 1.82 bits per heavy atom. The van der Waals surface area contributed by atoms with Crippen molar-refractivity contribution in [1.29, 1.82) is 0 Å². The molecule has 0 unspecified atom stereocenters. The van der Waals surface area contributed by atoms with Crippen molar-refractivity contribution in [2.45, 2.75) is 19.3 Å². The predicted molar refractivity (Wildman–Crippen MR) is 89.8 cm³/mol. The van der Waals surface area contributed by atoms with E-state index < -0.39 is 0 Å². The third-order valence-electron chi connectivity index (χ3n) is 3.82. The molecule has 1 aromatic heterocycles. The smallest absolute Gasteiger partial charge is 0.231 e. The Kier molecular flexibility index (Phi) is 4.15. The number of hydrogen-bond acceptors (Lipinski definition) is 2. The second kappa shape index (κ2) is 6.39. The number of rotatable bonds is 4. The Morgan fingerprint density at radius 1 is 1.05 bits per heavy atom. The van der Waals surface area contributed by atoms with Crippen LogP contribution in [0.25, 0.3) is 10.9 Å². The van der Waals surface area contributed by atoms with E-state index in [1.54, 1.807) is 6.20 Å². The standard InChI is InChI=1S/C19H18N2O/c1-2-16(14-8-4-3-5-9-14)19(22)21-17-12-6-10-15-11-7-13-20-18(15)17/h3-13,16H,2H2,1H3,(H,21,22)/t16-/m0/s1. The molecule has 0 spiro atoms. The quantitative estimate of drug-likeness (QED) is 0.775. The number of carbonyl (C=O) groups excluding carboxylic acids is 1. The summed E-state index contributed by atoms with van der Waals surface area (Å²) in [4.78, 5) is 17.0. The molecular weight excluding hydrogens is 272 g/mol. The highest BCUT2D eigenvalue weighted by Gasteiger charge is 2.19. The first-order valence-electron chi connectivity index (χ1n) is 7.49. The van der Waals surface area contributed by atoms with Crippen molar-refractivity contribution in [1.82, 2.24) is 4.98 Å². The second-order valence-corrected chi connectivity index (χ2v) is 5.24. The van der Waals surface area contributed by atoms with Gasteiger partial charge in [0.1, 0.15) is 0 Å². The largest absolute Gasteiger partial charge is 0.324 e. The van der Waals surface area contributed by atoms with E-state index in [9.17, 15) is 4.79 Å². The van der Waals surface area contributed by atoms with Crippen molar-refractivity contribution in [3.8, 4) is 0 Å². The molecule has 1 atom stereocenters. The molecule has 1 N–H and O–H groups in total. The number of anilines is 1. The predicted octanol–water partition coefficient (Wildman–Crippen LogP) is 4.37. The number of amides is 1. The Bertz CT molecular complexity index is 778. The lowest BCUT2D eigenvalue weighted by Gasteiger charge is -2.16. The summed E-state index contributed by atoms with van der Waals surface area (Å²) in [6.07, 6.45) is 2.50. The van der Waals surface area contributed by atoms with E-state index in [0.717, 1.165) is 28.6 Å². The molecule has 1 amide bonds. The highest BCUT2D eigenvalue weighted by atomic mass is 16.1. The number of benzene rings is 2. The molecule has 2 aromatic carbocycles. The minimum absolute atomic E-state index is 0.00635. The van der Waals surface area contributed by atoms with Gasteiger partial charge in [-0.2, -0.15) is 0 Å². The molecule has 0 radical (unpaired) electrons. The molecule has 0 fully saturated rings. The minimum Gasteiger partial charge on any atom is -0.324 e. The van der Waals surface area contributed by atoms with Crippen molar-refractivity contribution < 1.29 is 4.79 Å². The second-order valence-electron chi connectivity index (χ2n) is 5.24. The number of aromatic nitrogens is 1. The summed E-state index contributed by atoms with van der Waals surface area (Å²) in [7, 11) is 0. The van der Waals surface area contributed by atoms with Gasteiger partial charge in [-0.05, 0) is 24.1 Å². The first-order chi connectivity index (χ1) is 10.8. The Morgan fingerprint density at radius 3 is 2.59 bits per heavy atom. The van der Waals surface area contributed by atoms with E-state index in [2.05, 4.69) is 10.3 Å². The van der Waals surface area contributed by atoms with Gasteiger partial charge >= 0.3 is 0 Å². The van der Waals surface area contributed by atoms with Crippen molar-refractivity contribution in [2.75, 3.05) is 5.32 Å². The van der Waals surface area contributed by atoms with Crippen LogP contribution in [0.15, 0.2) is 66.9 Å². The fourth-order valence-corrected chi connectivity index (χ4v) is 2.68. The highest BCUT2D eigenvalue weighted by molar-refractivity contribution is 6.02. The fraction of sp³-hybridized carbons (Fsp3) is 0.158. The van der Waals surface area contributed by atoms with E-state index in [0.29, 0.717) is 0 Å². The number of carbonyl (C=O) groups is 1. The maximum Gasteiger partial charge on any atom is 0.231 e. The van der Waals surface area contributed by atoms with Gasteiger partial charge in [-0.15, -0.1) is 0 Å². The van der Waals surface area contributed by atoms with E-state index in [1.165, 1.54) is 0 Å². The number of fused-ring (bicyclic) bond motifs is 1. The Balaban J connectivity index is 1.89. The topological polar surface area (TPSA) is 42.0 Å². The van der Waals surface area contributed by atoms with Crippen LogP contribution in [0.1, 0.15) is 24.8 Å². The van der Waals surface area contributed by atoms with Crippen LogP contribution >= 0.6 is 0 Å². The van der Waals surface area contributed by atoms with Gasteiger partial charge in [0, 0.05) is 11.6 Å². The molecule has 110 valence electrons. The molecule has 0 aliphatic heterocycles. The molecule has 1 heterocycles. The molecule has 22 heavy (non-hydrogen) atoms. The van der Waals surface area contributed by atoms with Gasteiger partial charge in [-0.25, -0.2) is 0 Å². The van der Waals surface area contributed by atoms with E-state index in [1.807, 2.05) is 67.6 Å². The average molecular weight is 290 g/mol. The first kappa shape index (κ1) is 14.3. The fourth-order valence-electron chi connectivity index (χ4n) is 2.68. The Labute approximate surface area is 130 Å². The van der Waals surface area contributed by atoms with Gasteiger partial charge in [-0.3, -0.25) is 9.78 Å². The molecule has 3 aromatic rings. The number of nitrogens with zero attached hydrogens (tertiary/aromatic N) is 1. The highest BCUT2D eigenvalue weighted by Crippen LogP contribution is 2.25. The number of para-hydroxylation sites is 1. The zero-order valence-electron chi connectivity index (χ0n) is 12.5. The zero-order valence-corrected chi connectivity index (χ0v) is 12.5. The molecule has 3 nitrogen and oxygen atoms in total. The number of pyridine rings is 1. The monoisotopic (exact) mass is 290 g/mol. The van der Waals surface area contributed by atoms with Crippen molar-refractivity contribution >= 4 is 22.5 Å². The normalized spacial score (nSPS) is 12.0. The lowest BCUT2D eigenvalue weighted by Crippen LogP contribution is -2.20. The summed E-state index contributed by atoms with van der Waals surface area (Å²) in [5, 5.41) is 4.05. The molecule has 0 bridgehead atoms. The summed E-state index contributed by atoms with van der Waals surface area (Å²) < 4.78 is 0. The lowest BCUT2D eigenvalue weighted by atomic mass is 9.95. The van der Waals surface area contributed by atoms with Crippen LogP contribution in [0, 0.1) is 0 Å². The number of nitrogens with one attached hydrogen (secondary N) is 1. The molecule has 0 saturated heterocycles. The molecule has 3 heteroatoms. The first-order valence-corrected chi connectivity index (χ1v) is 7.49. The van der Waals surface area contributed by atoms with E-state index in [-0.39, 0.29) is 11.8 Å². The minimum atomic E-state index is -0.153. The average Bonchev–Trinajstić information content (AvgIpc) is 2.57. The van der Waals surface area contributed by atoms with Crippen LogP contribution in [0.5, 0.6) is 0 Å². The maximum atomic E-state index is 12.6. The van der Waals surface area contributed by atoms with Crippen LogP contribution in [0.2, 0.25) is 0 Å². The van der Waals surface area contributed by atoms with Gasteiger partial charge in [-0.1, -0.05) is 55.5 Å². The summed E-state index contributed by atoms with van der Waals surface area (Å²) in [6, 6.07) is 19.6. The van der Waals surface area contributed by atoms with Gasteiger partial charge in [0.2, 0.25) is 5.91 Å². The van der Waals surface area contributed by atoms with Crippen LogP contribution in [-0.4, -0.2) is 10.9 Å². The van der Waals surface area contributed by atoms with Gasteiger partial charge < -0.3 is 5.32 Å². The van der Waals surface area contributed by atoms with Crippen molar-refractivity contribution in [3.63, 3.8) is 0 Å². The molecular formula is C19H18N2O. The summed E-state index contributed by atoms with van der Waals surface area (Å²) >= 11 is 0. The summed E-state index contributed by atoms with van der Waals surface area (Å²) in [5.74, 6) is -0.146. The third kappa shape index (κ3) is 2.84. The maximum absolute atomic E-state index is 12.6. The SMILES string of the molecule is CC[C@H](C(=O)Nc1cccc2cccnc12)c1ccccc1. The molecule has 0 saturated carbocycles. The van der Waals surface area contributed by atoms with Gasteiger partial charge in [0.15, 0.2) is 0 Å². The number of hydrogen-bond donors (Lipinski definition) is 1. The molecule has 3 rings (SSSR count).